The summed E-state index contributed by atoms with van der Waals surface area (Å²) in [5.41, 5.74) is 4.53. The predicted molar refractivity (Wildman–Crippen MR) is 139 cm³/mol. The summed E-state index contributed by atoms with van der Waals surface area (Å²) < 4.78 is 43.9. The summed E-state index contributed by atoms with van der Waals surface area (Å²) in [6, 6.07) is 14.4. The highest BCUT2D eigenvalue weighted by Gasteiger charge is 2.65. The van der Waals surface area contributed by atoms with Crippen LogP contribution in [0.5, 0.6) is 5.75 Å². The lowest BCUT2D eigenvalue weighted by molar-refractivity contribution is -0.159. The van der Waals surface area contributed by atoms with Gasteiger partial charge >= 0.3 is 5.97 Å². The SMILES string of the molecule is COc1cccc(-c2ccc(C3CCN(S(=O)(=O)C4(C(=O)O)C[C@@H]5OC(C)(C)O[C@@H]5C4)CC3)cc2C)c1. The number of aryl methyl sites for hydroxylation is 1. The number of nitrogens with zero attached hydrogens (tertiary/aromatic N) is 1. The van der Waals surface area contributed by atoms with Gasteiger partial charge in [0.05, 0.1) is 19.3 Å². The Morgan fingerprint density at radius 3 is 2.27 bits per heavy atom. The van der Waals surface area contributed by atoms with Gasteiger partial charge in [-0.05, 0) is 73.9 Å². The molecule has 2 aromatic rings. The largest absolute Gasteiger partial charge is 0.497 e. The minimum atomic E-state index is -4.10. The Bertz CT molecular complexity index is 1280. The number of hydrogen-bond acceptors (Lipinski definition) is 6. The van der Waals surface area contributed by atoms with Crippen molar-refractivity contribution >= 4 is 16.0 Å². The van der Waals surface area contributed by atoms with Crippen molar-refractivity contribution < 1.29 is 32.5 Å². The number of carboxylic acid groups (broad SMARTS) is 1. The third-order valence-corrected chi connectivity index (χ3v) is 10.7. The summed E-state index contributed by atoms with van der Waals surface area (Å²) in [4.78, 5) is 12.4. The van der Waals surface area contributed by atoms with E-state index < -0.39 is 38.7 Å². The second-order valence-corrected chi connectivity index (χ2v) is 13.2. The summed E-state index contributed by atoms with van der Waals surface area (Å²) in [5, 5.41) is 10.1. The van der Waals surface area contributed by atoms with Crippen molar-refractivity contribution in [1.82, 2.24) is 4.31 Å². The number of carbonyl (C=O) groups is 1. The first-order chi connectivity index (χ1) is 17.5. The number of ether oxygens (including phenoxy) is 3. The quantitative estimate of drug-likeness (QED) is 0.595. The minimum Gasteiger partial charge on any atom is -0.497 e. The summed E-state index contributed by atoms with van der Waals surface area (Å²) in [6.45, 7) is 6.19. The molecule has 3 atom stereocenters. The summed E-state index contributed by atoms with van der Waals surface area (Å²) in [7, 11) is -2.45. The third-order valence-electron chi connectivity index (χ3n) is 8.13. The van der Waals surface area contributed by atoms with Gasteiger partial charge < -0.3 is 19.3 Å². The molecule has 2 aromatic carbocycles. The summed E-state index contributed by atoms with van der Waals surface area (Å²) >= 11 is 0. The Labute approximate surface area is 218 Å². The molecule has 0 aromatic heterocycles. The van der Waals surface area contributed by atoms with Crippen LogP contribution in [0.1, 0.15) is 56.6 Å². The van der Waals surface area contributed by atoms with Crippen LogP contribution < -0.4 is 4.74 Å². The van der Waals surface area contributed by atoms with Gasteiger partial charge in [-0.2, -0.15) is 0 Å². The number of rotatable bonds is 6. The maximum absolute atomic E-state index is 13.7. The van der Waals surface area contributed by atoms with Crippen LogP contribution in [-0.4, -0.2) is 66.7 Å². The van der Waals surface area contributed by atoms with Crippen molar-refractivity contribution in [2.24, 2.45) is 0 Å². The third kappa shape index (κ3) is 4.56. The number of fused-ring (bicyclic) bond motifs is 1. The zero-order chi connectivity index (χ0) is 26.6. The van der Waals surface area contributed by atoms with Crippen LogP contribution in [0.3, 0.4) is 0 Å². The molecule has 2 saturated heterocycles. The molecular formula is C28H35NO7S. The van der Waals surface area contributed by atoms with E-state index in [4.69, 9.17) is 14.2 Å². The number of aliphatic carboxylic acids is 1. The van der Waals surface area contributed by atoms with E-state index in [-0.39, 0.29) is 18.8 Å². The van der Waals surface area contributed by atoms with Crippen LogP contribution in [0.25, 0.3) is 11.1 Å². The van der Waals surface area contributed by atoms with E-state index in [9.17, 15) is 18.3 Å². The van der Waals surface area contributed by atoms with Gasteiger partial charge in [0.25, 0.3) is 0 Å². The van der Waals surface area contributed by atoms with Crippen molar-refractivity contribution in [2.75, 3.05) is 20.2 Å². The van der Waals surface area contributed by atoms with E-state index >= 15 is 0 Å². The fourth-order valence-corrected chi connectivity index (χ4v) is 8.37. The Hall–Kier alpha value is -2.46. The van der Waals surface area contributed by atoms with Gasteiger partial charge in [0.15, 0.2) is 10.5 Å². The highest BCUT2D eigenvalue weighted by atomic mass is 32.2. The second-order valence-electron chi connectivity index (χ2n) is 10.9. The summed E-state index contributed by atoms with van der Waals surface area (Å²) in [6.07, 6.45) is 0.0150. The molecule has 200 valence electrons. The monoisotopic (exact) mass is 529 g/mol. The fourth-order valence-electron chi connectivity index (χ4n) is 6.22. The number of carboxylic acids is 1. The van der Waals surface area contributed by atoms with Crippen LogP contribution in [0.2, 0.25) is 0 Å². The molecule has 0 radical (unpaired) electrons. The van der Waals surface area contributed by atoms with Crippen molar-refractivity contribution in [3.63, 3.8) is 0 Å². The van der Waals surface area contributed by atoms with Crippen LogP contribution >= 0.6 is 0 Å². The molecule has 1 unspecified atom stereocenters. The smallest absolute Gasteiger partial charge is 0.326 e. The Kier molecular flexibility index (Phi) is 6.63. The molecule has 1 saturated carbocycles. The van der Waals surface area contributed by atoms with Crippen LogP contribution in [0.15, 0.2) is 42.5 Å². The first-order valence-corrected chi connectivity index (χ1v) is 14.2. The van der Waals surface area contributed by atoms with Gasteiger partial charge in [-0.1, -0.05) is 30.3 Å². The molecule has 2 heterocycles. The average molecular weight is 530 g/mol. The van der Waals surface area contributed by atoms with Gasteiger partial charge in [0, 0.05) is 25.9 Å². The normalized spacial score (nSPS) is 28.2. The van der Waals surface area contributed by atoms with Gasteiger partial charge in [0.2, 0.25) is 10.0 Å². The van der Waals surface area contributed by atoms with Crippen molar-refractivity contribution in [3.05, 3.63) is 53.6 Å². The molecule has 9 heteroatoms. The van der Waals surface area contributed by atoms with Crippen molar-refractivity contribution in [3.8, 4) is 16.9 Å². The van der Waals surface area contributed by atoms with Crippen LogP contribution in [0, 0.1) is 6.92 Å². The van der Waals surface area contributed by atoms with Gasteiger partial charge in [-0.25, -0.2) is 12.7 Å². The van der Waals surface area contributed by atoms with E-state index in [0.717, 1.165) is 22.4 Å². The minimum absolute atomic E-state index is 0.0936. The molecule has 0 amide bonds. The van der Waals surface area contributed by atoms with E-state index in [1.807, 2.05) is 18.2 Å². The van der Waals surface area contributed by atoms with Gasteiger partial charge in [-0.15, -0.1) is 0 Å². The summed E-state index contributed by atoms with van der Waals surface area (Å²) in [5.74, 6) is -1.14. The number of benzene rings is 2. The zero-order valence-corrected chi connectivity index (χ0v) is 22.6. The maximum Gasteiger partial charge on any atom is 0.326 e. The molecule has 0 bridgehead atoms. The lowest BCUT2D eigenvalue weighted by atomic mass is 9.87. The lowest BCUT2D eigenvalue weighted by Gasteiger charge is -2.37. The molecule has 37 heavy (non-hydrogen) atoms. The number of sulfonamides is 1. The molecule has 3 fully saturated rings. The lowest BCUT2D eigenvalue weighted by Crippen LogP contribution is -2.54. The predicted octanol–water partition coefficient (Wildman–Crippen LogP) is 4.32. The molecule has 0 spiro atoms. The molecule has 5 rings (SSSR count). The molecule has 1 N–H and O–H groups in total. The van der Waals surface area contributed by atoms with Crippen molar-refractivity contribution in [1.29, 1.82) is 0 Å². The Morgan fingerprint density at radius 1 is 1.05 bits per heavy atom. The number of piperidine rings is 1. The number of methoxy groups -OCH3 is 1. The van der Waals surface area contributed by atoms with Crippen LogP contribution in [-0.2, 0) is 24.3 Å². The topological polar surface area (TPSA) is 102 Å². The highest BCUT2D eigenvalue weighted by Crippen LogP contribution is 2.48. The first-order valence-electron chi connectivity index (χ1n) is 12.8. The maximum atomic E-state index is 13.7. The standard InChI is InChI=1S/C28H35NO7S/c1-18-14-20(8-9-23(18)21-6-5-7-22(15-21)34-4)19-10-12-29(13-11-19)37(32,33)28(26(30)31)16-24-25(17-28)36-27(2,3)35-24/h5-9,14-15,19,24-25H,10-13,16-17H2,1-4H3,(H,30,31)/t24-,25+,28?. The van der Waals surface area contributed by atoms with Crippen LogP contribution in [0.4, 0.5) is 0 Å². The highest BCUT2D eigenvalue weighted by molar-refractivity contribution is 7.91. The molecule has 3 aliphatic rings. The van der Waals surface area contributed by atoms with E-state index in [1.54, 1.807) is 21.0 Å². The first kappa shape index (κ1) is 26.2. The van der Waals surface area contributed by atoms with E-state index in [0.29, 0.717) is 25.9 Å². The van der Waals surface area contributed by atoms with Gasteiger partial charge in [-0.3, -0.25) is 4.79 Å². The molecule has 1 aliphatic carbocycles. The fraction of sp³-hybridized carbons (Fsp3) is 0.536. The number of hydrogen-bond donors (Lipinski definition) is 1. The van der Waals surface area contributed by atoms with E-state index in [2.05, 4.69) is 31.2 Å². The Balaban J connectivity index is 1.30. The molecule has 2 aliphatic heterocycles. The molecule has 8 nitrogen and oxygen atoms in total. The van der Waals surface area contributed by atoms with Gasteiger partial charge in [0.1, 0.15) is 5.75 Å². The molecular weight excluding hydrogens is 494 g/mol. The Morgan fingerprint density at radius 2 is 1.70 bits per heavy atom. The second kappa shape index (κ2) is 9.38. The van der Waals surface area contributed by atoms with E-state index in [1.165, 1.54) is 9.87 Å². The average Bonchev–Trinajstić information content (AvgIpc) is 3.36. The zero-order valence-electron chi connectivity index (χ0n) is 21.8. The van der Waals surface area contributed by atoms with Crippen molar-refractivity contribution in [2.45, 2.75) is 75.1 Å².